The van der Waals surface area contributed by atoms with E-state index in [-0.39, 0.29) is 10.4 Å². The van der Waals surface area contributed by atoms with Crippen LogP contribution in [0.3, 0.4) is 0 Å². The molecule has 6 heteroatoms. The first-order chi connectivity index (χ1) is 9.99. The minimum absolute atomic E-state index is 0.0590. The average molecular weight is 435 g/mol. The molecule has 0 N–H and O–H groups in total. The van der Waals surface area contributed by atoms with Gasteiger partial charge in [-0.15, -0.1) is 11.6 Å². The Morgan fingerprint density at radius 2 is 2.00 bits per heavy atom. The topological polar surface area (TPSA) is 17.8 Å². The van der Waals surface area contributed by atoms with Crippen LogP contribution in [-0.2, 0) is 0 Å². The van der Waals surface area contributed by atoms with Crippen LogP contribution in [0.5, 0.6) is 0 Å². The van der Waals surface area contributed by atoms with E-state index in [1.165, 1.54) is 12.1 Å². The van der Waals surface area contributed by atoms with Crippen molar-refractivity contribution in [3.05, 3.63) is 56.6 Å². The maximum Gasteiger partial charge on any atom is 0.144 e. The van der Waals surface area contributed by atoms with Crippen LogP contribution in [0.2, 0.25) is 5.02 Å². The third kappa shape index (κ3) is 2.64. The lowest BCUT2D eigenvalue weighted by Gasteiger charge is -2.12. The summed E-state index contributed by atoms with van der Waals surface area (Å²) in [5.41, 5.74) is 2.21. The minimum Gasteiger partial charge on any atom is -0.294 e. The number of para-hydroxylation sites is 1. The number of aromatic nitrogens is 2. The molecule has 21 heavy (non-hydrogen) atoms. The molecule has 0 fully saturated rings. The summed E-state index contributed by atoms with van der Waals surface area (Å²) in [6.45, 7) is 1.84. The second-order valence-electron chi connectivity index (χ2n) is 4.63. The Hall–Kier alpha value is -0.850. The number of fused-ring (bicyclic) bond motifs is 1. The molecule has 1 aromatic heterocycles. The molecule has 0 aliphatic carbocycles. The van der Waals surface area contributed by atoms with Crippen molar-refractivity contribution in [3.8, 4) is 5.69 Å². The predicted octanol–water partition coefficient (Wildman–Crippen LogP) is 5.72. The number of rotatable bonds is 2. The first-order valence-corrected chi connectivity index (χ1v) is 8.14. The van der Waals surface area contributed by atoms with Crippen LogP contribution in [-0.4, -0.2) is 9.55 Å². The van der Waals surface area contributed by atoms with Gasteiger partial charge in [-0.1, -0.05) is 23.7 Å². The zero-order valence-corrected chi connectivity index (χ0v) is 14.6. The molecular formula is C15H10Cl2FIN2. The number of halogens is 4. The van der Waals surface area contributed by atoms with E-state index in [1.54, 1.807) is 0 Å². The highest BCUT2D eigenvalue weighted by molar-refractivity contribution is 14.1. The van der Waals surface area contributed by atoms with Gasteiger partial charge in [0, 0.05) is 9.64 Å². The van der Waals surface area contributed by atoms with Crippen LogP contribution in [0.15, 0.2) is 36.4 Å². The van der Waals surface area contributed by atoms with E-state index >= 15 is 0 Å². The largest absolute Gasteiger partial charge is 0.294 e. The molecule has 0 amide bonds. The lowest BCUT2D eigenvalue weighted by molar-refractivity contribution is 0.629. The predicted molar refractivity (Wildman–Crippen MR) is 93.0 cm³/mol. The molecule has 2 aromatic carbocycles. The van der Waals surface area contributed by atoms with Gasteiger partial charge in [-0.3, -0.25) is 4.57 Å². The standard InChI is InChI=1S/C15H10Cl2FIN2/c1-8(16)15-20-12-6-9(17)10(18)7-14(12)21(15)13-5-3-2-4-11(13)19/h2-8H,1H3. The Morgan fingerprint density at radius 1 is 1.29 bits per heavy atom. The highest BCUT2D eigenvalue weighted by Gasteiger charge is 2.19. The molecule has 108 valence electrons. The van der Waals surface area contributed by atoms with Crippen molar-refractivity contribution in [3.63, 3.8) is 0 Å². The van der Waals surface area contributed by atoms with Gasteiger partial charge in [0.1, 0.15) is 11.6 Å². The molecule has 0 bridgehead atoms. The zero-order valence-electron chi connectivity index (χ0n) is 10.9. The molecule has 0 saturated heterocycles. The van der Waals surface area contributed by atoms with Crippen molar-refractivity contribution in [2.45, 2.75) is 12.3 Å². The summed E-state index contributed by atoms with van der Waals surface area (Å²) in [5, 5.41) is -0.251. The van der Waals surface area contributed by atoms with E-state index in [1.807, 2.05) is 35.8 Å². The normalized spacial score (nSPS) is 12.8. The molecule has 0 saturated carbocycles. The number of hydrogen-bond donors (Lipinski definition) is 0. The lowest BCUT2D eigenvalue weighted by Crippen LogP contribution is -2.03. The van der Waals surface area contributed by atoms with Gasteiger partial charge in [0.2, 0.25) is 0 Å². The second-order valence-corrected chi connectivity index (χ2v) is 6.85. The van der Waals surface area contributed by atoms with Crippen molar-refractivity contribution in [2.75, 3.05) is 0 Å². The van der Waals surface area contributed by atoms with E-state index in [4.69, 9.17) is 23.2 Å². The highest BCUT2D eigenvalue weighted by Crippen LogP contribution is 2.32. The van der Waals surface area contributed by atoms with Gasteiger partial charge >= 0.3 is 0 Å². The Labute approximate surface area is 145 Å². The monoisotopic (exact) mass is 434 g/mol. The minimum atomic E-state index is -0.468. The van der Waals surface area contributed by atoms with E-state index in [9.17, 15) is 4.39 Å². The third-order valence-electron chi connectivity index (χ3n) is 3.17. The van der Waals surface area contributed by atoms with Gasteiger partial charge in [0.25, 0.3) is 0 Å². The molecule has 3 aromatic rings. The number of hydrogen-bond acceptors (Lipinski definition) is 1. The van der Waals surface area contributed by atoms with Crippen molar-refractivity contribution in [2.24, 2.45) is 0 Å². The number of alkyl halides is 1. The molecule has 0 aliphatic heterocycles. The summed E-state index contributed by atoms with van der Waals surface area (Å²) >= 11 is 14.3. The number of benzene rings is 2. The fourth-order valence-corrected chi connectivity index (χ4v) is 3.18. The van der Waals surface area contributed by atoms with E-state index in [0.29, 0.717) is 16.9 Å². The first-order valence-electron chi connectivity index (χ1n) is 6.25. The van der Waals surface area contributed by atoms with Gasteiger partial charge < -0.3 is 0 Å². The summed E-state index contributed by atoms with van der Waals surface area (Å²) in [4.78, 5) is 4.51. The van der Waals surface area contributed by atoms with Crippen LogP contribution in [0.4, 0.5) is 4.39 Å². The highest BCUT2D eigenvalue weighted by atomic mass is 127. The Balaban J connectivity index is 2.41. The van der Waals surface area contributed by atoms with Crippen LogP contribution >= 0.6 is 45.8 Å². The van der Waals surface area contributed by atoms with Gasteiger partial charge in [-0.25, -0.2) is 9.37 Å². The maximum atomic E-state index is 13.8. The summed E-state index contributed by atoms with van der Waals surface area (Å²) in [6.07, 6.45) is 0. The van der Waals surface area contributed by atoms with Crippen molar-refractivity contribution in [1.29, 1.82) is 0 Å². The van der Waals surface area contributed by atoms with Crippen LogP contribution in [0, 0.1) is 9.39 Å². The molecule has 2 nitrogen and oxygen atoms in total. The molecule has 3 rings (SSSR count). The smallest absolute Gasteiger partial charge is 0.144 e. The summed E-state index contributed by atoms with van der Waals surface area (Å²) in [7, 11) is 0. The van der Waals surface area contributed by atoms with Crippen LogP contribution in [0.25, 0.3) is 16.7 Å². The SMILES string of the molecule is CC(Cl)c1nc2cc(Cl)c(F)cc2n1-c1ccccc1I. The molecule has 1 atom stereocenters. The quantitative estimate of drug-likeness (QED) is 0.372. The third-order valence-corrected chi connectivity index (χ3v) is 4.57. The lowest BCUT2D eigenvalue weighted by atomic mass is 10.2. The van der Waals surface area contributed by atoms with Gasteiger partial charge in [-0.05, 0) is 47.7 Å². The first kappa shape index (κ1) is 15.1. The van der Waals surface area contributed by atoms with E-state index < -0.39 is 5.82 Å². The van der Waals surface area contributed by atoms with Gasteiger partial charge in [0.05, 0.1) is 27.1 Å². The fraction of sp³-hybridized carbons (Fsp3) is 0.133. The summed E-state index contributed by atoms with van der Waals surface area (Å²) < 4.78 is 16.8. The zero-order chi connectivity index (χ0) is 15.1. The molecule has 0 radical (unpaired) electrons. The van der Waals surface area contributed by atoms with Gasteiger partial charge in [-0.2, -0.15) is 0 Å². The fourth-order valence-electron chi connectivity index (χ4n) is 2.24. The van der Waals surface area contributed by atoms with Crippen molar-refractivity contribution in [1.82, 2.24) is 9.55 Å². The Morgan fingerprint density at radius 3 is 2.67 bits per heavy atom. The van der Waals surface area contributed by atoms with Crippen molar-refractivity contribution >= 4 is 56.8 Å². The average Bonchev–Trinajstić information content (AvgIpc) is 2.78. The molecular weight excluding hydrogens is 425 g/mol. The number of nitrogens with zero attached hydrogens (tertiary/aromatic N) is 2. The Bertz CT molecular complexity index is 830. The van der Waals surface area contributed by atoms with Crippen molar-refractivity contribution < 1.29 is 4.39 Å². The Kier molecular flexibility index (Phi) is 4.12. The van der Waals surface area contributed by atoms with Crippen LogP contribution in [0.1, 0.15) is 18.1 Å². The van der Waals surface area contributed by atoms with E-state index in [0.717, 1.165) is 9.26 Å². The molecule has 0 aliphatic rings. The number of imidazole rings is 1. The summed E-state index contributed by atoms with van der Waals surface area (Å²) in [6, 6.07) is 10.7. The van der Waals surface area contributed by atoms with Crippen LogP contribution < -0.4 is 0 Å². The molecule has 1 unspecified atom stereocenters. The molecule has 1 heterocycles. The second kappa shape index (κ2) is 5.74. The maximum absolute atomic E-state index is 13.8. The summed E-state index contributed by atoms with van der Waals surface area (Å²) in [5.74, 6) is 0.197. The molecule has 0 spiro atoms. The van der Waals surface area contributed by atoms with Gasteiger partial charge in [0.15, 0.2) is 0 Å². The van der Waals surface area contributed by atoms with E-state index in [2.05, 4.69) is 27.6 Å².